The van der Waals surface area contributed by atoms with Gasteiger partial charge in [-0.25, -0.2) is 0 Å². The van der Waals surface area contributed by atoms with Gasteiger partial charge in [0, 0.05) is 16.8 Å². The molecule has 0 unspecified atom stereocenters. The maximum Gasteiger partial charge on any atom is 0.213 e. The predicted octanol–water partition coefficient (Wildman–Crippen LogP) is 8.70. The second-order valence-corrected chi connectivity index (χ2v) is 9.32. The van der Waals surface area contributed by atoms with E-state index in [2.05, 4.69) is 54.0 Å². The zero-order chi connectivity index (χ0) is 24.1. The van der Waals surface area contributed by atoms with E-state index < -0.39 is 0 Å². The summed E-state index contributed by atoms with van der Waals surface area (Å²) in [7, 11) is 3.36. The number of rotatable bonds is 6. The first-order valence-corrected chi connectivity index (χ1v) is 12.3. The quantitative estimate of drug-likeness (QED) is 0.237. The number of ether oxygens (including phenoxy) is 2. The Labute approximate surface area is 208 Å². The molecule has 176 valence electrons. The molecule has 4 nitrogen and oxygen atoms in total. The lowest BCUT2D eigenvalue weighted by Crippen LogP contribution is -1.96. The van der Waals surface area contributed by atoms with Crippen LogP contribution in [0.5, 0.6) is 11.5 Å². The molecule has 0 fully saturated rings. The highest BCUT2D eigenvalue weighted by molar-refractivity contribution is 6.33. The minimum Gasteiger partial charge on any atom is -0.497 e. The van der Waals surface area contributed by atoms with E-state index >= 15 is 0 Å². The van der Waals surface area contributed by atoms with Gasteiger partial charge in [-0.3, -0.25) is 4.57 Å². The van der Waals surface area contributed by atoms with Gasteiger partial charge in [-0.15, -0.1) is 0 Å². The lowest BCUT2D eigenvalue weighted by Gasteiger charge is -2.11. The lowest BCUT2D eigenvalue weighted by molar-refractivity contribution is 0.414. The largest absolute Gasteiger partial charge is 0.497 e. The van der Waals surface area contributed by atoms with Crippen molar-refractivity contribution in [2.75, 3.05) is 14.2 Å². The Bertz CT molecular complexity index is 1730. The van der Waals surface area contributed by atoms with E-state index in [4.69, 9.17) is 25.5 Å². The average Bonchev–Trinajstić information content (AvgIpc) is 3.41. The molecule has 0 saturated heterocycles. The Morgan fingerprint density at radius 3 is 2.40 bits per heavy atom. The van der Waals surface area contributed by atoms with Crippen LogP contribution in [0.15, 0.2) is 71.1 Å². The molecule has 0 N–H and O–H groups in total. The Morgan fingerprint density at radius 1 is 0.829 bits per heavy atom. The van der Waals surface area contributed by atoms with Gasteiger partial charge >= 0.3 is 0 Å². The molecule has 0 aliphatic heterocycles. The summed E-state index contributed by atoms with van der Waals surface area (Å²) in [5, 5.41) is 6.22. The predicted molar refractivity (Wildman–Crippen MR) is 145 cm³/mol. The molecule has 0 amide bonds. The van der Waals surface area contributed by atoms with Crippen LogP contribution in [0.2, 0.25) is 5.02 Å². The molecule has 2 heterocycles. The second kappa shape index (κ2) is 8.54. The molecular formula is C30H26ClNO3. The first kappa shape index (κ1) is 21.9. The van der Waals surface area contributed by atoms with Crippen molar-refractivity contribution in [1.29, 1.82) is 0 Å². The van der Waals surface area contributed by atoms with Crippen molar-refractivity contribution in [3.63, 3.8) is 0 Å². The minimum absolute atomic E-state index is 0.624. The van der Waals surface area contributed by atoms with Crippen molar-refractivity contribution in [3.8, 4) is 17.2 Å². The Morgan fingerprint density at radius 2 is 1.60 bits per heavy atom. The fraction of sp³-hybridized carbons (Fsp3) is 0.200. The first-order chi connectivity index (χ1) is 17.1. The number of hydrogen-bond donors (Lipinski definition) is 0. The average molecular weight is 484 g/mol. The zero-order valence-electron chi connectivity index (χ0n) is 20.0. The van der Waals surface area contributed by atoms with E-state index in [9.17, 15) is 0 Å². The van der Waals surface area contributed by atoms with Gasteiger partial charge in [0.2, 0.25) is 5.71 Å². The third kappa shape index (κ3) is 3.43. The van der Waals surface area contributed by atoms with Crippen LogP contribution in [0.25, 0.3) is 49.4 Å². The number of unbranched alkanes of at least 4 members (excludes halogenated alkanes) is 1. The lowest BCUT2D eigenvalue weighted by atomic mass is 10.0. The number of halogens is 1. The van der Waals surface area contributed by atoms with E-state index in [0.29, 0.717) is 5.02 Å². The van der Waals surface area contributed by atoms with Crippen molar-refractivity contribution in [2.24, 2.45) is 0 Å². The van der Waals surface area contributed by atoms with Gasteiger partial charge in [-0.05, 0) is 71.6 Å². The van der Waals surface area contributed by atoms with Gasteiger partial charge in [0.1, 0.15) is 17.1 Å². The molecule has 2 aromatic heterocycles. The van der Waals surface area contributed by atoms with Crippen LogP contribution in [0.4, 0.5) is 0 Å². The number of aromatic nitrogens is 1. The van der Waals surface area contributed by atoms with Gasteiger partial charge < -0.3 is 13.9 Å². The molecule has 5 heteroatoms. The molecule has 0 spiro atoms. The van der Waals surface area contributed by atoms with Crippen LogP contribution in [-0.4, -0.2) is 18.8 Å². The molecule has 0 radical (unpaired) electrons. The van der Waals surface area contributed by atoms with Gasteiger partial charge in [0.05, 0.1) is 35.8 Å². The van der Waals surface area contributed by atoms with Crippen molar-refractivity contribution in [2.45, 2.75) is 26.2 Å². The van der Waals surface area contributed by atoms with Gasteiger partial charge in [0.25, 0.3) is 0 Å². The van der Waals surface area contributed by atoms with Crippen LogP contribution in [0, 0.1) is 0 Å². The molecule has 0 saturated carbocycles. The number of fused-ring (bicyclic) bond motifs is 7. The van der Waals surface area contributed by atoms with Gasteiger partial charge in [-0.1, -0.05) is 43.1 Å². The maximum atomic E-state index is 6.75. The Kier molecular flexibility index (Phi) is 5.34. The third-order valence-corrected chi connectivity index (χ3v) is 7.17. The number of nitrogens with zero attached hydrogens (tertiary/aromatic N) is 1. The number of methoxy groups -OCH3 is 2. The molecule has 0 bridgehead atoms. The maximum absolute atomic E-state index is 6.75. The highest BCUT2D eigenvalue weighted by atomic mass is 35.5. The van der Waals surface area contributed by atoms with Crippen LogP contribution in [0.1, 0.15) is 25.3 Å². The summed E-state index contributed by atoms with van der Waals surface area (Å²) >= 11 is 6.75. The van der Waals surface area contributed by atoms with Crippen molar-refractivity contribution in [3.05, 3.63) is 77.3 Å². The zero-order valence-corrected chi connectivity index (χ0v) is 20.8. The Hall–Kier alpha value is -3.63. The molecule has 0 aliphatic rings. The van der Waals surface area contributed by atoms with Gasteiger partial charge in [0.15, 0.2) is 0 Å². The van der Waals surface area contributed by atoms with Crippen molar-refractivity contribution in [1.82, 2.24) is 4.57 Å². The van der Waals surface area contributed by atoms with E-state index in [1.807, 2.05) is 24.3 Å². The summed E-state index contributed by atoms with van der Waals surface area (Å²) in [4.78, 5) is 0. The topological polar surface area (TPSA) is 36.5 Å². The van der Waals surface area contributed by atoms with E-state index in [1.165, 1.54) is 5.56 Å². The normalized spacial score (nSPS) is 11.8. The Balaban J connectivity index is 1.80. The molecule has 0 atom stereocenters. The molecule has 4 aromatic carbocycles. The monoisotopic (exact) mass is 483 g/mol. The molecule has 6 rings (SSSR count). The number of furan rings is 1. The summed E-state index contributed by atoms with van der Waals surface area (Å²) in [6, 6.07) is 22.7. The van der Waals surface area contributed by atoms with Crippen molar-refractivity contribution < 1.29 is 13.9 Å². The third-order valence-electron chi connectivity index (χ3n) is 6.85. The standard InChI is InChI=1S/C30H26ClNO3/c1-4-5-6-18-7-14-27-23(15-18)29-28-22-16-20(33-2)10-8-19(22)9-13-25(28)32(30(29)35-27)26-17-21(34-3)11-12-24(26)31/h7-17H,4-6H2,1-3H3. The summed E-state index contributed by atoms with van der Waals surface area (Å²) in [6.45, 7) is 2.22. The highest BCUT2D eigenvalue weighted by Gasteiger charge is 2.23. The van der Waals surface area contributed by atoms with Gasteiger partial charge in [-0.2, -0.15) is 0 Å². The summed E-state index contributed by atoms with van der Waals surface area (Å²) < 4.78 is 19.8. The smallest absolute Gasteiger partial charge is 0.213 e. The minimum atomic E-state index is 0.624. The summed E-state index contributed by atoms with van der Waals surface area (Å²) in [5.74, 6) is 1.56. The van der Waals surface area contributed by atoms with Crippen molar-refractivity contribution >= 4 is 55.3 Å². The van der Waals surface area contributed by atoms with Crippen LogP contribution >= 0.6 is 11.6 Å². The van der Waals surface area contributed by atoms with E-state index in [0.717, 1.165) is 80.2 Å². The number of benzene rings is 4. The van der Waals surface area contributed by atoms with Crippen LogP contribution in [0.3, 0.4) is 0 Å². The fourth-order valence-corrected chi connectivity index (χ4v) is 5.27. The van der Waals surface area contributed by atoms with E-state index in [-0.39, 0.29) is 0 Å². The first-order valence-electron chi connectivity index (χ1n) is 11.9. The summed E-state index contributed by atoms with van der Waals surface area (Å²) in [5.41, 5.74) is 4.80. The van der Waals surface area contributed by atoms with Crippen LogP contribution < -0.4 is 9.47 Å². The SMILES string of the molecule is CCCCc1ccc2oc3c(c2c1)c1c2cc(OC)ccc2ccc1n3-c1cc(OC)ccc1Cl. The van der Waals surface area contributed by atoms with E-state index in [1.54, 1.807) is 14.2 Å². The molecule has 0 aliphatic carbocycles. The summed E-state index contributed by atoms with van der Waals surface area (Å²) in [6.07, 6.45) is 3.37. The molecule has 6 aromatic rings. The number of hydrogen-bond acceptors (Lipinski definition) is 3. The highest BCUT2D eigenvalue weighted by Crippen LogP contribution is 2.44. The molecular weight excluding hydrogens is 458 g/mol. The number of aryl methyl sites for hydroxylation is 1. The second-order valence-electron chi connectivity index (χ2n) is 8.92. The van der Waals surface area contributed by atoms with Crippen LogP contribution in [-0.2, 0) is 6.42 Å². The fourth-order valence-electron chi connectivity index (χ4n) is 5.07. The molecule has 35 heavy (non-hydrogen) atoms.